The second-order valence-corrected chi connectivity index (χ2v) is 4.33. The number of carboxylic acid groups (broad SMARTS) is 1. The largest absolute Gasteiger partial charge is 0.481 e. The molecule has 0 radical (unpaired) electrons. The molecule has 15 heavy (non-hydrogen) atoms. The van der Waals surface area contributed by atoms with Crippen LogP contribution in [0, 0.1) is 5.92 Å². The summed E-state index contributed by atoms with van der Waals surface area (Å²) in [6.07, 6.45) is 3.59. The molecule has 0 aromatic carbocycles. The van der Waals surface area contributed by atoms with Gasteiger partial charge in [-0.3, -0.25) is 9.59 Å². The fraction of sp³-hybridized carbons (Fsp3) is 0.818. The van der Waals surface area contributed by atoms with Gasteiger partial charge in [0.25, 0.3) is 0 Å². The smallest absolute Gasteiger partial charge is 0.303 e. The van der Waals surface area contributed by atoms with Gasteiger partial charge in [-0.2, -0.15) is 0 Å². The molecule has 1 aliphatic rings. The molecule has 1 rings (SSSR count). The van der Waals surface area contributed by atoms with E-state index in [0.717, 1.165) is 19.4 Å². The van der Waals surface area contributed by atoms with E-state index in [0.29, 0.717) is 19.4 Å². The van der Waals surface area contributed by atoms with Crippen molar-refractivity contribution in [3.63, 3.8) is 0 Å². The highest BCUT2D eigenvalue weighted by Crippen LogP contribution is 2.14. The van der Waals surface area contributed by atoms with E-state index in [1.807, 2.05) is 11.8 Å². The van der Waals surface area contributed by atoms with Crippen LogP contribution in [0.2, 0.25) is 0 Å². The van der Waals surface area contributed by atoms with Gasteiger partial charge in [-0.15, -0.1) is 0 Å². The van der Waals surface area contributed by atoms with Crippen molar-refractivity contribution in [1.82, 2.24) is 4.90 Å². The molecule has 1 N–H and O–H groups in total. The van der Waals surface area contributed by atoms with Gasteiger partial charge >= 0.3 is 5.97 Å². The quantitative estimate of drug-likeness (QED) is 0.753. The molecule has 0 aliphatic carbocycles. The number of hydrogen-bond donors (Lipinski definition) is 1. The number of carbonyl (C=O) groups excluding carboxylic acids is 1. The van der Waals surface area contributed by atoms with Crippen molar-refractivity contribution in [1.29, 1.82) is 0 Å². The van der Waals surface area contributed by atoms with Crippen LogP contribution in [0.3, 0.4) is 0 Å². The fourth-order valence-corrected chi connectivity index (χ4v) is 1.89. The zero-order valence-corrected chi connectivity index (χ0v) is 9.24. The Balaban J connectivity index is 2.26. The van der Waals surface area contributed by atoms with Gasteiger partial charge in [0, 0.05) is 25.9 Å². The van der Waals surface area contributed by atoms with Crippen molar-refractivity contribution in [3.05, 3.63) is 0 Å². The second-order valence-electron chi connectivity index (χ2n) is 4.33. The Bertz CT molecular complexity index is 240. The van der Waals surface area contributed by atoms with Crippen molar-refractivity contribution in [2.75, 3.05) is 13.1 Å². The van der Waals surface area contributed by atoms with Crippen LogP contribution in [-0.2, 0) is 9.59 Å². The highest BCUT2D eigenvalue weighted by Gasteiger charge is 2.19. The van der Waals surface area contributed by atoms with E-state index in [-0.39, 0.29) is 18.2 Å². The van der Waals surface area contributed by atoms with Crippen LogP contribution in [0.5, 0.6) is 0 Å². The molecule has 86 valence electrons. The first kappa shape index (κ1) is 12.0. The maximum absolute atomic E-state index is 11.5. The molecule has 4 heteroatoms. The van der Waals surface area contributed by atoms with Crippen molar-refractivity contribution in [2.45, 2.75) is 39.0 Å². The second kappa shape index (κ2) is 5.73. The molecule has 0 bridgehead atoms. The Kier molecular flexibility index (Phi) is 4.59. The summed E-state index contributed by atoms with van der Waals surface area (Å²) < 4.78 is 0. The number of nitrogens with zero attached hydrogens (tertiary/aromatic N) is 1. The molecular weight excluding hydrogens is 194 g/mol. The van der Waals surface area contributed by atoms with Crippen molar-refractivity contribution >= 4 is 11.9 Å². The summed E-state index contributed by atoms with van der Waals surface area (Å²) in [5.74, 6) is -0.251. The van der Waals surface area contributed by atoms with Crippen LogP contribution in [0.1, 0.15) is 39.0 Å². The molecule has 1 aliphatic heterocycles. The number of carbonyl (C=O) groups is 2. The van der Waals surface area contributed by atoms with Gasteiger partial charge in [0.2, 0.25) is 5.91 Å². The molecule has 1 fully saturated rings. The zero-order chi connectivity index (χ0) is 11.3. The standard InChI is InChI=1S/C11H19NO3/c1-9(5-6-11(14)15)8-12-7-3-2-4-10(12)13/h9H,2-8H2,1H3,(H,14,15). The normalized spacial score (nSPS) is 19.0. The van der Waals surface area contributed by atoms with E-state index in [9.17, 15) is 9.59 Å². The lowest BCUT2D eigenvalue weighted by molar-refractivity contribution is -0.137. The third-order valence-electron chi connectivity index (χ3n) is 2.80. The van der Waals surface area contributed by atoms with Crippen LogP contribution in [0.25, 0.3) is 0 Å². The number of amides is 1. The zero-order valence-electron chi connectivity index (χ0n) is 9.24. The SMILES string of the molecule is CC(CCC(=O)O)CN1CCCCC1=O. The van der Waals surface area contributed by atoms with Gasteiger partial charge in [0.05, 0.1) is 0 Å². The minimum Gasteiger partial charge on any atom is -0.481 e. The first-order chi connectivity index (χ1) is 7.09. The van der Waals surface area contributed by atoms with Gasteiger partial charge in [-0.25, -0.2) is 0 Å². The summed E-state index contributed by atoms with van der Waals surface area (Å²) in [6, 6.07) is 0. The fourth-order valence-electron chi connectivity index (χ4n) is 1.89. The molecule has 1 saturated heterocycles. The predicted molar refractivity (Wildman–Crippen MR) is 56.5 cm³/mol. The summed E-state index contributed by atoms with van der Waals surface area (Å²) in [5, 5.41) is 8.54. The highest BCUT2D eigenvalue weighted by atomic mass is 16.4. The molecular formula is C11H19NO3. The molecule has 1 amide bonds. The third-order valence-corrected chi connectivity index (χ3v) is 2.80. The van der Waals surface area contributed by atoms with Gasteiger partial charge in [-0.05, 0) is 25.2 Å². The van der Waals surface area contributed by atoms with E-state index < -0.39 is 5.97 Å². The predicted octanol–water partition coefficient (Wildman–Crippen LogP) is 1.50. The summed E-state index contributed by atoms with van der Waals surface area (Å²) in [4.78, 5) is 23.7. The lowest BCUT2D eigenvalue weighted by Gasteiger charge is -2.29. The molecule has 0 aromatic heterocycles. The number of aliphatic carboxylic acids is 1. The average molecular weight is 213 g/mol. The third kappa shape index (κ3) is 4.32. The number of rotatable bonds is 5. The van der Waals surface area contributed by atoms with Crippen LogP contribution in [-0.4, -0.2) is 35.0 Å². The van der Waals surface area contributed by atoms with Crippen LogP contribution >= 0.6 is 0 Å². The van der Waals surface area contributed by atoms with E-state index in [4.69, 9.17) is 5.11 Å². The molecule has 0 saturated carbocycles. The highest BCUT2D eigenvalue weighted by molar-refractivity contribution is 5.76. The summed E-state index contributed by atoms with van der Waals surface area (Å²) in [5.41, 5.74) is 0. The summed E-state index contributed by atoms with van der Waals surface area (Å²) in [7, 11) is 0. The van der Waals surface area contributed by atoms with Gasteiger partial charge in [-0.1, -0.05) is 6.92 Å². The summed E-state index contributed by atoms with van der Waals surface area (Å²) >= 11 is 0. The number of piperidine rings is 1. The first-order valence-corrected chi connectivity index (χ1v) is 5.59. The minimum absolute atomic E-state index is 0.198. The van der Waals surface area contributed by atoms with Crippen LogP contribution in [0.15, 0.2) is 0 Å². The molecule has 0 spiro atoms. The Hall–Kier alpha value is -1.06. The Morgan fingerprint density at radius 2 is 2.27 bits per heavy atom. The van der Waals surface area contributed by atoms with Crippen molar-refractivity contribution in [3.8, 4) is 0 Å². The molecule has 1 heterocycles. The summed E-state index contributed by atoms with van der Waals surface area (Å²) in [6.45, 7) is 3.56. The number of likely N-dealkylation sites (tertiary alicyclic amines) is 1. The Morgan fingerprint density at radius 3 is 2.87 bits per heavy atom. The lowest BCUT2D eigenvalue weighted by atomic mass is 10.0. The van der Waals surface area contributed by atoms with Gasteiger partial charge in [0.1, 0.15) is 0 Å². The molecule has 1 unspecified atom stereocenters. The van der Waals surface area contributed by atoms with Crippen molar-refractivity contribution < 1.29 is 14.7 Å². The van der Waals surface area contributed by atoms with E-state index >= 15 is 0 Å². The molecule has 1 atom stereocenters. The van der Waals surface area contributed by atoms with E-state index in [2.05, 4.69) is 0 Å². The van der Waals surface area contributed by atoms with Crippen LogP contribution < -0.4 is 0 Å². The van der Waals surface area contributed by atoms with Gasteiger partial charge < -0.3 is 10.0 Å². The Labute approximate surface area is 90.3 Å². The minimum atomic E-state index is -0.758. The van der Waals surface area contributed by atoms with Crippen LogP contribution in [0.4, 0.5) is 0 Å². The number of hydrogen-bond acceptors (Lipinski definition) is 2. The molecule has 0 aromatic rings. The van der Waals surface area contributed by atoms with Crippen molar-refractivity contribution in [2.24, 2.45) is 5.92 Å². The molecule has 4 nitrogen and oxygen atoms in total. The Morgan fingerprint density at radius 1 is 1.53 bits per heavy atom. The number of carboxylic acids is 1. The van der Waals surface area contributed by atoms with E-state index in [1.165, 1.54) is 0 Å². The lowest BCUT2D eigenvalue weighted by Crippen LogP contribution is -2.38. The monoisotopic (exact) mass is 213 g/mol. The maximum Gasteiger partial charge on any atom is 0.303 e. The van der Waals surface area contributed by atoms with Gasteiger partial charge in [0.15, 0.2) is 0 Å². The maximum atomic E-state index is 11.5. The van der Waals surface area contributed by atoms with E-state index in [1.54, 1.807) is 0 Å². The topological polar surface area (TPSA) is 57.6 Å². The first-order valence-electron chi connectivity index (χ1n) is 5.59. The average Bonchev–Trinajstić information content (AvgIpc) is 2.18.